The highest BCUT2D eigenvalue weighted by Gasteiger charge is 2.42. The standard InChI is InChI=1S/C9H5BrF4O2/c1-16-5-3-2-4(11)6(7(5)10)8(15)9(12,13)14/h2-3H,1H3. The first-order valence-corrected chi connectivity index (χ1v) is 4.72. The largest absolute Gasteiger partial charge is 0.496 e. The van der Waals surface area contributed by atoms with Crippen LogP contribution in [0.1, 0.15) is 10.4 Å². The molecule has 16 heavy (non-hydrogen) atoms. The molecule has 0 heterocycles. The van der Waals surface area contributed by atoms with E-state index in [0.29, 0.717) is 0 Å². The van der Waals surface area contributed by atoms with E-state index in [1.165, 1.54) is 7.11 Å². The lowest BCUT2D eigenvalue weighted by molar-refractivity contribution is -0.0888. The maximum atomic E-state index is 13.1. The molecule has 0 fully saturated rings. The van der Waals surface area contributed by atoms with Crippen molar-refractivity contribution >= 4 is 21.7 Å². The lowest BCUT2D eigenvalue weighted by Gasteiger charge is -2.10. The summed E-state index contributed by atoms with van der Waals surface area (Å²) in [5, 5.41) is 0. The Bertz CT molecular complexity index is 428. The molecule has 7 heteroatoms. The molecule has 0 unspecified atom stereocenters. The molecule has 0 aliphatic heterocycles. The highest BCUT2D eigenvalue weighted by molar-refractivity contribution is 9.10. The van der Waals surface area contributed by atoms with Gasteiger partial charge in [-0.15, -0.1) is 0 Å². The number of halogens is 5. The fourth-order valence-corrected chi connectivity index (χ4v) is 1.70. The van der Waals surface area contributed by atoms with Gasteiger partial charge in [0.2, 0.25) is 0 Å². The van der Waals surface area contributed by atoms with Gasteiger partial charge in [-0.3, -0.25) is 4.79 Å². The maximum Gasteiger partial charge on any atom is 0.455 e. The molecule has 0 spiro atoms. The van der Waals surface area contributed by atoms with Crippen LogP contribution < -0.4 is 4.74 Å². The van der Waals surface area contributed by atoms with Crippen LogP contribution in [0.3, 0.4) is 0 Å². The number of Topliss-reactive ketones (excluding diaryl/α,β-unsaturated/α-hetero) is 1. The number of carbonyl (C=O) groups excluding carboxylic acids is 1. The summed E-state index contributed by atoms with van der Waals surface area (Å²) in [5.41, 5.74) is -1.08. The van der Waals surface area contributed by atoms with Gasteiger partial charge in [-0.2, -0.15) is 13.2 Å². The Kier molecular flexibility index (Phi) is 3.57. The summed E-state index contributed by atoms with van der Waals surface area (Å²) in [4.78, 5) is 10.9. The molecule has 88 valence electrons. The average Bonchev–Trinajstić information content (AvgIpc) is 2.16. The number of hydrogen-bond donors (Lipinski definition) is 0. The molecule has 0 atom stereocenters. The van der Waals surface area contributed by atoms with Gasteiger partial charge in [-0.1, -0.05) is 0 Å². The van der Waals surface area contributed by atoms with Crippen molar-refractivity contribution in [3.05, 3.63) is 28.0 Å². The number of carbonyl (C=O) groups is 1. The third kappa shape index (κ3) is 2.34. The van der Waals surface area contributed by atoms with Gasteiger partial charge in [0.05, 0.1) is 17.1 Å². The molecule has 0 N–H and O–H groups in total. The van der Waals surface area contributed by atoms with Gasteiger partial charge in [-0.05, 0) is 28.1 Å². The van der Waals surface area contributed by atoms with E-state index >= 15 is 0 Å². The predicted octanol–water partition coefficient (Wildman–Crippen LogP) is 3.34. The summed E-state index contributed by atoms with van der Waals surface area (Å²) in [6.45, 7) is 0. The lowest BCUT2D eigenvalue weighted by atomic mass is 10.1. The highest BCUT2D eigenvalue weighted by atomic mass is 79.9. The van der Waals surface area contributed by atoms with Crippen molar-refractivity contribution in [1.29, 1.82) is 0 Å². The first-order chi connectivity index (χ1) is 7.29. The summed E-state index contributed by atoms with van der Waals surface area (Å²) in [6.07, 6.45) is -5.13. The van der Waals surface area contributed by atoms with Crippen molar-refractivity contribution < 1.29 is 27.1 Å². The van der Waals surface area contributed by atoms with Gasteiger partial charge in [0.25, 0.3) is 5.78 Å². The van der Waals surface area contributed by atoms with Gasteiger partial charge in [-0.25, -0.2) is 4.39 Å². The van der Waals surface area contributed by atoms with Gasteiger partial charge < -0.3 is 4.74 Å². The number of ether oxygens (including phenoxy) is 1. The van der Waals surface area contributed by atoms with E-state index in [1.54, 1.807) is 0 Å². The van der Waals surface area contributed by atoms with Crippen LogP contribution in [0.15, 0.2) is 16.6 Å². The van der Waals surface area contributed by atoms with Crippen LogP contribution in [0.2, 0.25) is 0 Å². The van der Waals surface area contributed by atoms with E-state index in [-0.39, 0.29) is 10.2 Å². The molecular weight excluding hydrogens is 296 g/mol. The fraction of sp³-hybridized carbons (Fsp3) is 0.222. The zero-order chi connectivity index (χ0) is 12.5. The number of ketones is 1. The van der Waals surface area contributed by atoms with Crippen molar-refractivity contribution in [2.45, 2.75) is 6.18 Å². The smallest absolute Gasteiger partial charge is 0.455 e. The van der Waals surface area contributed by atoms with E-state index in [2.05, 4.69) is 20.7 Å². The molecule has 1 rings (SSSR count). The molecule has 0 amide bonds. The fourth-order valence-electron chi connectivity index (χ4n) is 1.04. The van der Waals surface area contributed by atoms with Gasteiger partial charge in [0, 0.05) is 0 Å². The van der Waals surface area contributed by atoms with E-state index in [4.69, 9.17) is 0 Å². The van der Waals surface area contributed by atoms with Crippen LogP contribution >= 0.6 is 15.9 Å². The van der Waals surface area contributed by atoms with Crippen LogP contribution in [0.4, 0.5) is 17.6 Å². The topological polar surface area (TPSA) is 26.3 Å². The van der Waals surface area contributed by atoms with Crippen LogP contribution in [-0.4, -0.2) is 19.1 Å². The minimum absolute atomic E-state index is 0.0472. The number of rotatable bonds is 2. The molecule has 0 saturated heterocycles. The van der Waals surface area contributed by atoms with E-state index in [0.717, 1.165) is 12.1 Å². The van der Waals surface area contributed by atoms with Crippen molar-refractivity contribution in [1.82, 2.24) is 0 Å². The minimum Gasteiger partial charge on any atom is -0.496 e. The summed E-state index contributed by atoms with van der Waals surface area (Å²) in [7, 11) is 1.19. The monoisotopic (exact) mass is 300 g/mol. The first kappa shape index (κ1) is 13.0. The first-order valence-electron chi connectivity index (χ1n) is 3.92. The molecule has 0 aliphatic carbocycles. The van der Waals surface area contributed by atoms with Crippen LogP contribution in [-0.2, 0) is 0 Å². The van der Waals surface area contributed by atoms with E-state index < -0.39 is 23.3 Å². The van der Waals surface area contributed by atoms with Crippen molar-refractivity contribution in [2.75, 3.05) is 7.11 Å². The molecule has 2 nitrogen and oxygen atoms in total. The molecular formula is C9H5BrF4O2. The van der Waals surface area contributed by atoms with Crippen molar-refractivity contribution in [3.8, 4) is 5.75 Å². The number of benzene rings is 1. The maximum absolute atomic E-state index is 13.1. The summed E-state index contributed by atoms with van der Waals surface area (Å²) in [6, 6.07) is 1.86. The van der Waals surface area contributed by atoms with Gasteiger partial charge in [0.15, 0.2) is 0 Å². The summed E-state index contributed by atoms with van der Waals surface area (Å²) < 4.78 is 53.9. The van der Waals surface area contributed by atoms with Crippen LogP contribution in [0.25, 0.3) is 0 Å². The molecule has 1 aromatic carbocycles. The average molecular weight is 301 g/mol. The number of hydrogen-bond acceptors (Lipinski definition) is 2. The van der Waals surface area contributed by atoms with Gasteiger partial charge >= 0.3 is 6.18 Å². The Morgan fingerprint density at radius 2 is 1.94 bits per heavy atom. The van der Waals surface area contributed by atoms with Crippen molar-refractivity contribution in [2.24, 2.45) is 0 Å². The zero-order valence-corrected chi connectivity index (χ0v) is 9.45. The Balaban J connectivity index is 3.38. The Morgan fingerprint density at radius 3 is 2.38 bits per heavy atom. The summed E-state index contributed by atoms with van der Waals surface area (Å²) >= 11 is 2.70. The minimum atomic E-state index is -5.13. The second kappa shape index (κ2) is 4.40. The second-order valence-electron chi connectivity index (χ2n) is 2.77. The number of alkyl halides is 3. The Morgan fingerprint density at radius 1 is 1.38 bits per heavy atom. The molecule has 0 bridgehead atoms. The zero-order valence-electron chi connectivity index (χ0n) is 7.86. The van der Waals surface area contributed by atoms with Crippen LogP contribution in [0.5, 0.6) is 5.75 Å². The SMILES string of the molecule is COc1ccc(F)c(C(=O)C(F)(F)F)c1Br. The predicted molar refractivity (Wildman–Crippen MR) is 51.0 cm³/mol. The van der Waals surface area contributed by atoms with Gasteiger partial charge in [0.1, 0.15) is 11.6 Å². The Hall–Kier alpha value is -1.11. The molecule has 0 aromatic heterocycles. The second-order valence-corrected chi connectivity index (χ2v) is 3.56. The quantitative estimate of drug-likeness (QED) is 0.618. The normalized spacial score (nSPS) is 11.4. The number of methoxy groups -OCH3 is 1. The summed E-state index contributed by atoms with van der Waals surface area (Å²) in [5.74, 6) is -3.56. The third-order valence-electron chi connectivity index (χ3n) is 1.76. The Labute approximate surface area is 96.3 Å². The molecule has 0 aliphatic rings. The molecule has 0 radical (unpaired) electrons. The molecule has 0 saturated carbocycles. The van der Waals surface area contributed by atoms with Crippen molar-refractivity contribution in [3.63, 3.8) is 0 Å². The van der Waals surface area contributed by atoms with E-state index in [1.807, 2.05) is 0 Å². The highest BCUT2D eigenvalue weighted by Crippen LogP contribution is 2.34. The lowest BCUT2D eigenvalue weighted by Crippen LogP contribution is -2.24. The molecule has 1 aromatic rings. The third-order valence-corrected chi connectivity index (χ3v) is 2.55. The van der Waals surface area contributed by atoms with E-state index in [9.17, 15) is 22.4 Å². The van der Waals surface area contributed by atoms with Crippen LogP contribution in [0, 0.1) is 5.82 Å².